The Morgan fingerprint density at radius 1 is 1.50 bits per heavy atom. The first-order valence-corrected chi connectivity index (χ1v) is 4.91. The van der Waals surface area contributed by atoms with Crippen LogP contribution in [0, 0.1) is 6.92 Å². The highest BCUT2D eigenvalue weighted by atomic mass is 35.5. The molecule has 3 nitrogen and oxygen atoms in total. The highest BCUT2D eigenvalue weighted by Gasteiger charge is 2.10. The third-order valence-corrected chi connectivity index (χ3v) is 2.62. The molecule has 74 valence electrons. The van der Waals surface area contributed by atoms with Crippen molar-refractivity contribution in [1.29, 1.82) is 0 Å². The molecule has 0 amide bonds. The minimum absolute atomic E-state index is 0.420. The van der Waals surface area contributed by atoms with Crippen LogP contribution in [0.4, 0.5) is 0 Å². The Labute approximate surface area is 91.4 Å². The fourth-order valence-corrected chi connectivity index (χ4v) is 1.99. The molecular weight excluding hydrogens is 221 g/mol. The molecule has 0 atom stereocenters. The molecule has 0 aromatic carbocycles. The lowest BCUT2D eigenvalue weighted by Gasteiger charge is -2.01. The van der Waals surface area contributed by atoms with Gasteiger partial charge in [-0.2, -0.15) is 0 Å². The first-order valence-electron chi connectivity index (χ1n) is 4.16. The second-order valence-electron chi connectivity index (χ2n) is 3.05. The first-order chi connectivity index (χ1) is 6.63. The molecular formula is C9H9Cl2N3. The molecule has 0 radical (unpaired) electrons. The van der Waals surface area contributed by atoms with Crippen molar-refractivity contribution in [1.82, 2.24) is 9.38 Å². The van der Waals surface area contributed by atoms with Crippen LogP contribution in [0.15, 0.2) is 12.3 Å². The van der Waals surface area contributed by atoms with Crippen molar-refractivity contribution in [3.63, 3.8) is 0 Å². The van der Waals surface area contributed by atoms with Gasteiger partial charge in [0.2, 0.25) is 0 Å². The van der Waals surface area contributed by atoms with E-state index < -0.39 is 0 Å². The van der Waals surface area contributed by atoms with E-state index in [1.54, 1.807) is 12.3 Å². The maximum Gasteiger partial charge on any atom is 0.156 e. The molecule has 0 saturated carbocycles. The Hall–Kier alpha value is -0.770. The number of pyridine rings is 1. The van der Waals surface area contributed by atoms with Gasteiger partial charge < -0.3 is 5.73 Å². The number of fused-ring (bicyclic) bond motifs is 1. The second kappa shape index (κ2) is 3.42. The molecule has 2 aromatic rings. The largest absolute Gasteiger partial charge is 0.325 e. The fraction of sp³-hybridized carbons (Fsp3) is 0.222. The van der Waals surface area contributed by atoms with Gasteiger partial charge in [0.05, 0.1) is 21.4 Å². The highest BCUT2D eigenvalue weighted by Crippen LogP contribution is 2.23. The van der Waals surface area contributed by atoms with E-state index in [4.69, 9.17) is 28.9 Å². The van der Waals surface area contributed by atoms with E-state index in [0.717, 1.165) is 11.4 Å². The number of hydrogen-bond donors (Lipinski definition) is 1. The van der Waals surface area contributed by atoms with Crippen LogP contribution < -0.4 is 5.73 Å². The van der Waals surface area contributed by atoms with E-state index in [9.17, 15) is 0 Å². The van der Waals surface area contributed by atoms with Gasteiger partial charge in [0, 0.05) is 12.7 Å². The van der Waals surface area contributed by atoms with Crippen LogP contribution in [0.5, 0.6) is 0 Å². The van der Waals surface area contributed by atoms with Crippen LogP contribution in [0.1, 0.15) is 11.4 Å². The zero-order valence-corrected chi connectivity index (χ0v) is 9.10. The summed E-state index contributed by atoms with van der Waals surface area (Å²) in [5, 5.41) is 1.12. The summed E-state index contributed by atoms with van der Waals surface area (Å²) in [5.41, 5.74) is 8.14. The molecule has 0 aliphatic carbocycles. The predicted molar refractivity (Wildman–Crippen MR) is 57.8 cm³/mol. The van der Waals surface area contributed by atoms with Gasteiger partial charge in [-0.15, -0.1) is 0 Å². The van der Waals surface area contributed by atoms with E-state index in [0.29, 0.717) is 22.2 Å². The molecule has 2 heterocycles. The quantitative estimate of drug-likeness (QED) is 0.817. The van der Waals surface area contributed by atoms with Gasteiger partial charge in [-0.3, -0.25) is 4.40 Å². The predicted octanol–water partition coefficient (Wildman–Crippen LogP) is 2.41. The smallest absolute Gasteiger partial charge is 0.156 e. The standard InChI is InChI=1S/C9H9Cl2N3/c1-5-8(3-12)14-4-6(10)2-7(11)9(14)13-5/h2,4H,3,12H2,1H3. The summed E-state index contributed by atoms with van der Waals surface area (Å²) in [5.74, 6) is 0. The number of imidazole rings is 1. The lowest BCUT2D eigenvalue weighted by molar-refractivity contribution is 0.944. The second-order valence-corrected chi connectivity index (χ2v) is 3.89. The van der Waals surface area contributed by atoms with Crippen LogP contribution in [0.25, 0.3) is 5.65 Å². The van der Waals surface area contributed by atoms with Gasteiger partial charge in [-0.1, -0.05) is 23.2 Å². The molecule has 0 fully saturated rings. The summed E-state index contributed by atoms with van der Waals surface area (Å²) in [4.78, 5) is 4.32. The topological polar surface area (TPSA) is 43.3 Å². The minimum Gasteiger partial charge on any atom is -0.325 e. The van der Waals surface area contributed by atoms with Crippen molar-refractivity contribution in [2.45, 2.75) is 13.5 Å². The number of aryl methyl sites for hydroxylation is 1. The molecule has 2 rings (SSSR count). The Bertz CT molecular complexity index is 490. The lowest BCUT2D eigenvalue weighted by Crippen LogP contribution is -2.02. The zero-order valence-electron chi connectivity index (χ0n) is 7.59. The van der Waals surface area contributed by atoms with E-state index >= 15 is 0 Å². The number of aromatic nitrogens is 2. The van der Waals surface area contributed by atoms with Crippen molar-refractivity contribution in [3.8, 4) is 0 Å². The number of hydrogen-bond acceptors (Lipinski definition) is 2. The third-order valence-electron chi connectivity index (χ3n) is 2.13. The first kappa shape index (κ1) is 9.77. The molecule has 0 spiro atoms. The van der Waals surface area contributed by atoms with Crippen molar-refractivity contribution in [3.05, 3.63) is 33.7 Å². The van der Waals surface area contributed by atoms with Crippen molar-refractivity contribution in [2.75, 3.05) is 0 Å². The SMILES string of the molecule is Cc1nc2c(Cl)cc(Cl)cn2c1CN. The average Bonchev–Trinajstić information content (AvgIpc) is 2.41. The van der Waals surface area contributed by atoms with Gasteiger partial charge in [0.1, 0.15) is 0 Å². The van der Waals surface area contributed by atoms with Gasteiger partial charge in [0.25, 0.3) is 0 Å². The summed E-state index contributed by atoms with van der Waals surface area (Å²) in [7, 11) is 0. The molecule has 0 aliphatic heterocycles. The van der Waals surface area contributed by atoms with Gasteiger partial charge >= 0.3 is 0 Å². The summed E-state index contributed by atoms with van der Waals surface area (Å²) >= 11 is 11.9. The summed E-state index contributed by atoms with van der Waals surface area (Å²) < 4.78 is 1.83. The molecule has 14 heavy (non-hydrogen) atoms. The van der Waals surface area contributed by atoms with Gasteiger partial charge in [-0.05, 0) is 13.0 Å². The molecule has 0 aliphatic rings. The number of nitrogens with zero attached hydrogens (tertiary/aromatic N) is 2. The van der Waals surface area contributed by atoms with Crippen LogP contribution >= 0.6 is 23.2 Å². The Balaban J connectivity index is 2.87. The van der Waals surface area contributed by atoms with Crippen molar-refractivity contribution < 1.29 is 0 Å². The van der Waals surface area contributed by atoms with Crippen LogP contribution in [-0.4, -0.2) is 9.38 Å². The minimum atomic E-state index is 0.420. The molecule has 0 bridgehead atoms. The maximum absolute atomic E-state index is 6.00. The third kappa shape index (κ3) is 1.38. The van der Waals surface area contributed by atoms with Crippen LogP contribution in [-0.2, 0) is 6.54 Å². The molecule has 2 N–H and O–H groups in total. The zero-order chi connectivity index (χ0) is 10.3. The molecule has 2 aromatic heterocycles. The van der Waals surface area contributed by atoms with Gasteiger partial charge in [-0.25, -0.2) is 4.98 Å². The summed E-state index contributed by atoms with van der Waals surface area (Å²) in [6.45, 7) is 2.32. The Kier molecular flexibility index (Phi) is 2.39. The molecule has 0 unspecified atom stereocenters. The van der Waals surface area contributed by atoms with Crippen LogP contribution in [0.2, 0.25) is 10.0 Å². The van der Waals surface area contributed by atoms with Crippen LogP contribution in [0.3, 0.4) is 0 Å². The fourth-order valence-electron chi connectivity index (χ4n) is 1.48. The van der Waals surface area contributed by atoms with Gasteiger partial charge in [0.15, 0.2) is 5.65 Å². The van der Waals surface area contributed by atoms with Crippen molar-refractivity contribution in [2.24, 2.45) is 5.73 Å². The molecule has 5 heteroatoms. The average molecular weight is 230 g/mol. The highest BCUT2D eigenvalue weighted by molar-refractivity contribution is 6.36. The summed E-state index contributed by atoms with van der Waals surface area (Å²) in [6.07, 6.45) is 1.77. The monoisotopic (exact) mass is 229 g/mol. The van der Waals surface area contributed by atoms with E-state index in [1.807, 2.05) is 11.3 Å². The van der Waals surface area contributed by atoms with Crippen molar-refractivity contribution >= 4 is 28.8 Å². The Morgan fingerprint density at radius 2 is 2.21 bits per heavy atom. The number of halogens is 2. The van der Waals surface area contributed by atoms with E-state index in [-0.39, 0.29) is 0 Å². The van der Waals surface area contributed by atoms with E-state index in [1.165, 1.54) is 0 Å². The maximum atomic E-state index is 6.00. The Morgan fingerprint density at radius 3 is 2.86 bits per heavy atom. The number of nitrogens with two attached hydrogens (primary N) is 1. The molecule has 0 saturated heterocycles. The normalized spacial score (nSPS) is 11.1. The van der Waals surface area contributed by atoms with E-state index in [2.05, 4.69) is 4.98 Å². The lowest BCUT2D eigenvalue weighted by atomic mass is 10.3. The summed E-state index contributed by atoms with van der Waals surface area (Å²) in [6, 6.07) is 1.67. The number of rotatable bonds is 1.